The average Bonchev–Trinajstić information content (AvgIpc) is 2.83. The van der Waals surface area contributed by atoms with Gasteiger partial charge in [-0.25, -0.2) is 9.59 Å². The van der Waals surface area contributed by atoms with Crippen LogP contribution in [0, 0.1) is 5.92 Å². The number of benzene rings is 1. The molecule has 0 heterocycles. The van der Waals surface area contributed by atoms with Crippen LogP contribution in [0.5, 0.6) is 5.75 Å². The minimum absolute atomic E-state index is 0.00186. The van der Waals surface area contributed by atoms with Gasteiger partial charge in [0.2, 0.25) is 6.10 Å². The molecular weight excluding hydrogens is 490 g/mol. The van der Waals surface area contributed by atoms with Crippen LogP contribution in [0.15, 0.2) is 29.8 Å². The van der Waals surface area contributed by atoms with Gasteiger partial charge in [-0.2, -0.15) is 0 Å². The molecule has 0 fully saturated rings. The summed E-state index contributed by atoms with van der Waals surface area (Å²) in [5.74, 6) is 0.244. The smallest absolute Gasteiger partial charge is 0.412 e. The number of esters is 1. The van der Waals surface area contributed by atoms with Crippen LogP contribution in [0.2, 0.25) is 5.02 Å². The molecule has 1 aromatic carbocycles. The number of unbranched alkanes of at least 4 members (excludes halogenated alkanes) is 7. The first kappa shape index (κ1) is 32.8. The Hall–Kier alpha value is -2.21. The van der Waals surface area contributed by atoms with Crippen molar-refractivity contribution in [3.8, 4) is 5.75 Å². The topological polar surface area (TPSA) is 73.9 Å². The Morgan fingerprint density at radius 1 is 0.973 bits per heavy atom. The van der Waals surface area contributed by atoms with Gasteiger partial charge in [0.1, 0.15) is 5.75 Å². The van der Waals surface area contributed by atoms with Crippen LogP contribution in [-0.4, -0.2) is 30.9 Å². The van der Waals surface area contributed by atoms with E-state index in [-0.39, 0.29) is 18.6 Å². The van der Waals surface area contributed by atoms with E-state index in [1.807, 2.05) is 27.7 Å². The SMILES string of the molecule is CCCC/C=C(\CCCCCCCC)C(OC(=O)Nc1ccc(OC(C)C)cc1Cl)C(=O)OCC(C)C. The van der Waals surface area contributed by atoms with Gasteiger partial charge in [0.25, 0.3) is 0 Å². The highest BCUT2D eigenvalue weighted by atomic mass is 35.5. The average molecular weight is 538 g/mol. The summed E-state index contributed by atoms with van der Waals surface area (Å²) in [5.41, 5.74) is 1.18. The first-order chi connectivity index (χ1) is 17.7. The van der Waals surface area contributed by atoms with E-state index in [2.05, 4.69) is 25.2 Å². The number of anilines is 1. The lowest BCUT2D eigenvalue weighted by Gasteiger charge is -2.21. The quantitative estimate of drug-likeness (QED) is 0.115. The minimum atomic E-state index is -1.09. The van der Waals surface area contributed by atoms with Crippen molar-refractivity contribution in [1.29, 1.82) is 0 Å². The van der Waals surface area contributed by atoms with Crippen LogP contribution in [0.4, 0.5) is 10.5 Å². The van der Waals surface area contributed by atoms with Crippen LogP contribution >= 0.6 is 11.6 Å². The molecule has 1 amide bonds. The molecule has 0 aromatic heterocycles. The molecule has 7 heteroatoms. The molecule has 1 aromatic rings. The monoisotopic (exact) mass is 537 g/mol. The Labute approximate surface area is 229 Å². The molecule has 6 nitrogen and oxygen atoms in total. The lowest BCUT2D eigenvalue weighted by Crippen LogP contribution is -2.33. The summed E-state index contributed by atoms with van der Waals surface area (Å²) in [4.78, 5) is 26.0. The number of hydrogen-bond donors (Lipinski definition) is 1. The number of hydrogen-bond acceptors (Lipinski definition) is 5. The lowest BCUT2D eigenvalue weighted by atomic mass is 9.99. The molecule has 0 saturated carbocycles. The summed E-state index contributed by atoms with van der Waals surface area (Å²) in [6.07, 6.45) is 10.6. The van der Waals surface area contributed by atoms with Crippen molar-refractivity contribution in [2.75, 3.05) is 11.9 Å². The molecule has 0 aliphatic carbocycles. The van der Waals surface area contributed by atoms with Crippen molar-refractivity contribution in [2.45, 2.75) is 118 Å². The molecule has 0 bridgehead atoms. The first-order valence-electron chi connectivity index (χ1n) is 14.0. The number of allylic oxidation sites excluding steroid dienone is 1. The Morgan fingerprint density at radius 2 is 1.65 bits per heavy atom. The van der Waals surface area contributed by atoms with E-state index in [1.54, 1.807) is 18.2 Å². The summed E-state index contributed by atoms with van der Waals surface area (Å²) < 4.78 is 16.9. The van der Waals surface area contributed by atoms with Crippen molar-refractivity contribution < 1.29 is 23.8 Å². The third-order valence-electron chi connectivity index (χ3n) is 5.67. The predicted molar refractivity (Wildman–Crippen MR) is 153 cm³/mol. The Kier molecular flexibility index (Phi) is 16.8. The number of carbonyl (C=O) groups is 2. The molecule has 1 rings (SSSR count). The Balaban J connectivity index is 3.01. The summed E-state index contributed by atoms with van der Waals surface area (Å²) in [6.45, 7) is 12.4. The van der Waals surface area contributed by atoms with Crippen LogP contribution in [-0.2, 0) is 14.3 Å². The van der Waals surface area contributed by atoms with E-state index in [9.17, 15) is 9.59 Å². The van der Waals surface area contributed by atoms with Gasteiger partial charge in [0, 0.05) is 6.07 Å². The molecule has 0 radical (unpaired) electrons. The zero-order valence-corrected chi connectivity index (χ0v) is 24.5. The van der Waals surface area contributed by atoms with Crippen LogP contribution in [0.1, 0.15) is 106 Å². The van der Waals surface area contributed by atoms with Gasteiger partial charge >= 0.3 is 12.1 Å². The molecule has 37 heavy (non-hydrogen) atoms. The van der Waals surface area contributed by atoms with E-state index in [4.69, 9.17) is 25.8 Å². The fraction of sp³-hybridized carbons (Fsp3) is 0.667. The molecule has 1 atom stereocenters. The third kappa shape index (κ3) is 14.3. The van der Waals surface area contributed by atoms with Crippen LogP contribution in [0.25, 0.3) is 0 Å². The van der Waals surface area contributed by atoms with E-state index in [1.165, 1.54) is 19.3 Å². The zero-order valence-electron chi connectivity index (χ0n) is 23.7. The van der Waals surface area contributed by atoms with Crippen molar-refractivity contribution in [2.24, 2.45) is 5.92 Å². The highest BCUT2D eigenvalue weighted by Gasteiger charge is 2.29. The second-order valence-electron chi connectivity index (χ2n) is 10.2. The number of carbonyl (C=O) groups excluding carboxylic acids is 2. The number of halogens is 1. The summed E-state index contributed by atoms with van der Waals surface area (Å²) in [6, 6.07) is 5.02. The normalized spacial score (nSPS) is 12.5. The van der Waals surface area contributed by atoms with Crippen LogP contribution < -0.4 is 10.1 Å². The van der Waals surface area contributed by atoms with Gasteiger partial charge in [-0.05, 0) is 56.7 Å². The van der Waals surface area contributed by atoms with Crippen molar-refractivity contribution in [3.63, 3.8) is 0 Å². The zero-order chi connectivity index (χ0) is 27.6. The highest BCUT2D eigenvalue weighted by molar-refractivity contribution is 6.33. The Bertz CT molecular complexity index is 837. The highest BCUT2D eigenvalue weighted by Crippen LogP contribution is 2.28. The minimum Gasteiger partial charge on any atom is -0.491 e. The van der Waals surface area contributed by atoms with Gasteiger partial charge in [0.05, 0.1) is 23.4 Å². The van der Waals surface area contributed by atoms with E-state index in [0.29, 0.717) is 22.9 Å². The second-order valence-corrected chi connectivity index (χ2v) is 10.6. The first-order valence-corrected chi connectivity index (χ1v) is 14.3. The molecule has 0 aliphatic heterocycles. The van der Waals surface area contributed by atoms with Crippen molar-refractivity contribution in [1.82, 2.24) is 0 Å². The third-order valence-corrected chi connectivity index (χ3v) is 5.98. The molecule has 0 spiro atoms. The van der Waals surface area contributed by atoms with Gasteiger partial charge in [-0.3, -0.25) is 5.32 Å². The maximum atomic E-state index is 13.1. The number of nitrogens with one attached hydrogen (secondary N) is 1. The van der Waals surface area contributed by atoms with Gasteiger partial charge in [-0.15, -0.1) is 0 Å². The molecule has 0 aliphatic rings. The molecule has 210 valence electrons. The summed E-state index contributed by atoms with van der Waals surface area (Å²) in [7, 11) is 0. The number of rotatable bonds is 18. The standard InChI is InChI=1S/C30H48ClNO5/c1-7-9-11-12-13-15-17-24(16-14-10-8-2)28(29(33)35-21-22(3)4)37-30(34)32-27-19-18-25(20-26(27)31)36-23(5)6/h16,18-20,22-23,28H,7-15,17,21H2,1-6H3,(H,32,34)/b24-16+. The Morgan fingerprint density at radius 3 is 2.27 bits per heavy atom. The predicted octanol–water partition coefficient (Wildman–Crippen LogP) is 9.11. The van der Waals surface area contributed by atoms with Gasteiger partial charge in [-0.1, -0.05) is 90.3 Å². The van der Waals surface area contributed by atoms with Crippen molar-refractivity contribution in [3.05, 3.63) is 34.9 Å². The molecule has 0 saturated heterocycles. The fourth-order valence-electron chi connectivity index (χ4n) is 3.73. The summed E-state index contributed by atoms with van der Waals surface area (Å²) in [5, 5.41) is 2.99. The fourth-order valence-corrected chi connectivity index (χ4v) is 3.95. The van der Waals surface area contributed by atoms with Crippen molar-refractivity contribution >= 4 is 29.4 Å². The van der Waals surface area contributed by atoms with E-state index < -0.39 is 18.2 Å². The summed E-state index contributed by atoms with van der Waals surface area (Å²) >= 11 is 6.35. The molecular formula is C30H48ClNO5. The maximum Gasteiger partial charge on any atom is 0.412 e. The largest absolute Gasteiger partial charge is 0.491 e. The molecule has 1 N–H and O–H groups in total. The van der Waals surface area contributed by atoms with Gasteiger partial charge in [0.15, 0.2) is 0 Å². The van der Waals surface area contributed by atoms with Crippen LogP contribution in [0.3, 0.4) is 0 Å². The number of amides is 1. The van der Waals surface area contributed by atoms with Gasteiger partial charge < -0.3 is 14.2 Å². The molecule has 1 unspecified atom stereocenters. The lowest BCUT2D eigenvalue weighted by molar-refractivity contribution is -0.152. The number of ether oxygens (including phenoxy) is 3. The van der Waals surface area contributed by atoms with E-state index in [0.717, 1.165) is 44.1 Å². The van der Waals surface area contributed by atoms with E-state index >= 15 is 0 Å². The maximum absolute atomic E-state index is 13.1. The second kappa shape index (κ2) is 18.9.